The van der Waals surface area contributed by atoms with Gasteiger partial charge in [0.1, 0.15) is 5.75 Å². The second kappa shape index (κ2) is 14.1. The highest BCUT2D eigenvalue weighted by Gasteiger charge is 2.11. The number of hydrogen-bond donors (Lipinski definition) is 0. The predicted molar refractivity (Wildman–Crippen MR) is 101 cm³/mol. The van der Waals surface area contributed by atoms with Gasteiger partial charge in [0.05, 0.1) is 5.75 Å². The summed E-state index contributed by atoms with van der Waals surface area (Å²) in [6, 6.07) is 8.70. The van der Waals surface area contributed by atoms with E-state index >= 15 is 0 Å². The van der Waals surface area contributed by atoms with Crippen LogP contribution in [-0.2, 0) is 10.1 Å². The molecule has 0 aliphatic heterocycles. The Balaban J connectivity index is 0.00000484. The van der Waals surface area contributed by atoms with Gasteiger partial charge in [0.25, 0.3) is 0 Å². The quantitative estimate of drug-likeness (QED) is 0.300. The van der Waals surface area contributed by atoms with Crippen LogP contribution in [0, 0.1) is 0 Å². The highest BCUT2D eigenvalue weighted by Crippen LogP contribution is 2.14. The Hall–Kier alpha value is -0.264. The second-order valence-electron chi connectivity index (χ2n) is 5.84. The van der Waals surface area contributed by atoms with E-state index in [1.807, 2.05) is 6.07 Å². The van der Waals surface area contributed by atoms with Crippen molar-refractivity contribution in [2.75, 3.05) is 5.75 Å². The van der Waals surface area contributed by atoms with Gasteiger partial charge in [-0.3, -0.25) is 0 Å². The SMILES string of the molecule is CCCCCCCCCCCCS(=O)(=O)Oc1ccccc1.[MgH2]. The van der Waals surface area contributed by atoms with E-state index in [0.717, 1.165) is 12.8 Å². The number of para-hydroxylation sites is 1. The number of rotatable bonds is 13. The van der Waals surface area contributed by atoms with Crippen molar-refractivity contribution in [3.8, 4) is 5.75 Å². The average molecular weight is 353 g/mol. The van der Waals surface area contributed by atoms with Crippen LogP contribution in [0.25, 0.3) is 0 Å². The van der Waals surface area contributed by atoms with Crippen LogP contribution in [0.2, 0.25) is 0 Å². The van der Waals surface area contributed by atoms with E-state index in [0.29, 0.717) is 12.2 Å². The van der Waals surface area contributed by atoms with E-state index in [9.17, 15) is 8.42 Å². The Bertz CT molecular complexity index is 474. The molecule has 130 valence electrons. The lowest BCUT2D eigenvalue weighted by Crippen LogP contribution is -2.13. The topological polar surface area (TPSA) is 43.4 Å². The van der Waals surface area contributed by atoms with Crippen molar-refractivity contribution < 1.29 is 12.6 Å². The summed E-state index contributed by atoms with van der Waals surface area (Å²) in [5.74, 6) is 0.507. The molecular weight excluding hydrogens is 321 g/mol. The third-order valence-corrected chi connectivity index (χ3v) is 4.95. The molecule has 0 aromatic heterocycles. The summed E-state index contributed by atoms with van der Waals surface area (Å²) < 4.78 is 28.7. The Morgan fingerprint density at radius 3 is 1.78 bits per heavy atom. The van der Waals surface area contributed by atoms with E-state index < -0.39 is 10.1 Å². The third-order valence-electron chi connectivity index (χ3n) is 3.71. The maximum atomic E-state index is 11.8. The van der Waals surface area contributed by atoms with Crippen molar-refractivity contribution in [2.24, 2.45) is 0 Å². The molecule has 3 nitrogen and oxygen atoms in total. The summed E-state index contributed by atoms with van der Waals surface area (Å²) >= 11 is 0. The lowest BCUT2D eigenvalue weighted by Gasteiger charge is -2.06. The van der Waals surface area contributed by atoms with Gasteiger partial charge in [-0.15, -0.1) is 0 Å². The van der Waals surface area contributed by atoms with Crippen molar-refractivity contribution in [2.45, 2.75) is 71.1 Å². The number of hydrogen-bond acceptors (Lipinski definition) is 3. The summed E-state index contributed by atoms with van der Waals surface area (Å²) in [5, 5.41) is 0. The van der Waals surface area contributed by atoms with Gasteiger partial charge in [0, 0.05) is 0 Å². The van der Waals surface area contributed by atoms with Gasteiger partial charge in [-0.2, -0.15) is 8.42 Å². The molecule has 0 atom stereocenters. The first-order chi connectivity index (χ1) is 10.6. The minimum atomic E-state index is -3.44. The first-order valence-corrected chi connectivity index (χ1v) is 10.2. The lowest BCUT2D eigenvalue weighted by molar-refractivity contribution is 0.481. The van der Waals surface area contributed by atoms with Crippen LogP contribution >= 0.6 is 0 Å². The molecule has 0 radical (unpaired) electrons. The Kier molecular flexibility index (Phi) is 13.9. The number of benzene rings is 1. The highest BCUT2D eigenvalue weighted by molar-refractivity contribution is 7.87. The molecule has 0 heterocycles. The van der Waals surface area contributed by atoms with Crippen molar-refractivity contribution in [3.05, 3.63) is 30.3 Å². The van der Waals surface area contributed by atoms with Gasteiger partial charge < -0.3 is 4.18 Å². The summed E-state index contributed by atoms with van der Waals surface area (Å²) in [7, 11) is -3.44. The molecule has 0 saturated heterocycles. The van der Waals surface area contributed by atoms with Gasteiger partial charge in [0.15, 0.2) is 0 Å². The third kappa shape index (κ3) is 12.8. The maximum absolute atomic E-state index is 11.8. The van der Waals surface area contributed by atoms with Gasteiger partial charge in [-0.05, 0) is 18.6 Å². The van der Waals surface area contributed by atoms with Crippen LogP contribution < -0.4 is 4.18 Å². The summed E-state index contributed by atoms with van der Waals surface area (Å²) in [4.78, 5) is 0. The first-order valence-electron chi connectivity index (χ1n) is 8.61. The zero-order chi connectivity index (χ0) is 16.1. The first kappa shape index (κ1) is 22.7. The highest BCUT2D eigenvalue weighted by atomic mass is 32.2. The van der Waals surface area contributed by atoms with E-state index in [1.165, 1.54) is 44.9 Å². The Labute approximate surface area is 158 Å². The second-order valence-corrected chi connectivity index (χ2v) is 7.53. The molecule has 1 aromatic rings. The van der Waals surface area contributed by atoms with Gasteiger partial charge in [0.2, 0.25) is 0 Å². The van der Waals surface area contributed by atoms with Crippen LogP contribution in [-0.4, -0.2) is 37.2 Å². The van der Waals surface area contributed by atoms with Crippen molar-refractivity contribution in [1.29, 1.82) is 0 Å². The van der Waals surface area contributed by atoms with Crippen LogP contribution in [0.5, 0.6) is 5.75 Å². The average Bonchev–Trinajstić information content (AvgIpc) is 2.49. The van der Waals surface area contributed by atoms with E-state index in [-0.39, 0.29) is 28.8 Å². The van der Waals surface area contributed by atoms with Gasteiger partial charge >= 0.3 is 33.2 Å². The zero-order valence-corrected chi connectivity index (χ0v) is 14.6. The molecule has 0 saturated carbocycles. The molecule has 0 unspecified atom stereocenters. The van der Waals surface area contributed by atoms with E-state index in [2.05, 4.69) is 6.92 Å². The van der Waals surface area contributed by atoms with Crippen molar-refractivity contribution in [3.63, 3.8) is 0 Å². The molecule has 0 bridgehead atoms. The molecule has 23 heavy (non-hydrogen) atoms. The van der Waals surface area contributed by atoms with Crippen LogP contribution in [0.3, 0.4) is 0 Å². The van der Waals surface area contributed by atoms with Crippen molar-refractivity contribution in [1.82, 2.24) is 0 Å². The zero-order valence-electron chi connectivity index (χ0n) is 13.8. The summed E-state index contributed by atoms with van der Waals surface area (Å²) in [6.07, 6.45) is 11.9. The normalized spacial score (nSPS) is 11.0. The monoisotopic (exact) mass is 352 g/mol. The largest absolute Gasteiger partial charge is 0.382 e. The fraction of sp³-hybridized carbons (Fsp3) is 0.667. The molecule has 5 heteroatoms. The molecule has 0 N–H and O–H groups in total. The maximum Gasteiger partial charge on any atom is 0.316 e. The van der Waals surface area contributed by atoms with Crippen LogP contribution in [0.4, 0.5) is 0 Å². The van der Waals surface area contributed by atoms with Gasteiger partial charge in [-0.25, -0.2) is 0 Å². The standard InChI is InChI=1S/C18H30O3S.Mg.2H/c1-2-3-4-5-6-7-8-9-10-14-17-22(19,20)21-18-15-12-11-13-16-18;;;/h11-13,15-16H,2-10,14,17H2,1H3;;;. The van der Waals surface area contributed by atoms with Crippen LogP contribution in [0.1, 0.15) is 71.1 Å². The fourth-order valence-electron chi connectivity index (χ4n) is 2.43. The minimum absolute atomic E-state index is 0. The molecule has 1 aromatic carbocycles. The fourth-order valence-corrected chi connectivity index (χ4v) is 3.48. The molecule has 1 rings (SSSR count). The van der Waals surface area contributed by atoms with Crippen molar-refractivity contribution >= 4 is 33.2 Å². The lowest BCUT2D eigenvalue weighted by atomic mass is 10.1. The summed E-state index contributed by atoms with van der Waals surface area (Å²) in [5.41, 5.74) is 0. The predicted octanol–water partition coefficient (Wildman–Crippen LogP) is 4.40. The van der Waals surface area contributed by atoms with Gasteiger partial charge in [-0.1, -0.05) is 82.9 Å². The minimum Gasteiger partial charge on any atom is -0.382 e. The van der Waals surface area contributed by atoms with E-state index in [4.69, 9.17) is 4.18 Å². The smallest absolute Gasteiger partial charge is 0.316 e. The molecule has 0 aliphatic rings. The van der Waals surface area contributed by atoms with Crippen LogP contribution in [0.15, 0.2) is 30.3 Å². The summed E-state index contributed by atoms with van der Waals surface area (Å²) in [6.45, 7) is 2.23. The Morgan fingerprint density at radius 1 is 0.783 bits per heavy atom. The molecule has 0 amide bonds. The number of unbranched alkanes of at least 4 members (excludes halogenated alkanes) is 9. The molecular formula is C18H32MgO3S. The molecule has 0 fully saturated rings. The Morgan fingerprint density at radius 2 is 1.26 bits per heavy atom. The molecule has 0 aliphatic carbocycles. The van der Waals surface area contributed by atoms with E-state index in [1.54, 1.807) is 24.3 Å². The molecule has 0 spiro atoms.